The van der Waals surface area contributed by atoms with Crippen molar-refractivity contribution in [3.05, 3.63) is 22.9 Å². The van der Waals surface area contributed by atoms with Gasteiger partial charge in [-0.1, -0.05) is 6.92 Å². The Balaban J connectivity index is 2.90. The smallest absolute Gasteiger partial charge is 0.216 e. The Bertz CT molecular complexity index is 294. The normalized spacial score (nSPS) is 10.2. The fraction of sp³-hybridized carbons (Fsp3) is 0.545. The lowest BCUT2D eigenvalue weighted by atomic mass is 10.1. The molecule has 0 aliphatic rings. The number of rotatable bonds is 3. The Hall–Kier alpha value is -1.05. The van der Waals surface area contributed by atoms with Crippen LogP contribution in [0, 0.1) is 20.8 Å². The molecule has 0 amide bonds. The molecule has 1 rings (SSSR count). The first-order valence-electron chi connectivity index (χ1n) is 4.72. The van der Waals surface area contributed by atoms with Crippen molar-refractivity contribution in [2.24, 2.45) is 0 Å². The molecule has 0 aliphatic carbocycles. The Labute approximate surface area is 80.0 Å². The molecule has 72 valence electrons. The Morgan fingerprint density at radius 2 is 1.92 bits per heavy atom. The standard InChI is InChI=1S/C11H17NO/c1-5-6-13-11-10(4)9(3)8(2)7-12-11/h7H,5-6H2,1-4H3. The van der Waals surface area contributed by atoms with Gasteiger partial charge in [-0.15, -0.1) is 0 Å². The summed E-state index contributed by atoms with van der Waals surface area (Å²) in [5, 5.41) is 0. The van der Waals surface area contributed by atoms with Gasteiger partial charge in [-0.05, 0) is 38.3 Å². The van der Waals surface area contributed by atoms with Crippen molar-refractivity contribution < 1.29 is 4.74 Å². The van der Waals surface area contributed by atoms with Crippen molar-refractivity contribution >= 4 is 0 Å². The fourth-order valence-electron chi connectivity index (χ4n) is 1.15. The zero-order valence-electron chi connectivity index (χ0n) is 8.85. The SMILES string of the molecule is CCCOc1ncc(C)c(C)c1C. The van der Waals surface area contributed by atoms with Crippen molar-refractivity contribution in [1.82, 2.24) is 4.98 Å². The first-order chi connectivity index (χ1) is 6.16. The van der Waals surface area contributed by atoms with Crippen LogP contribution in [0.25, 0.3) is 0 Å². The van der Waals surface area contributed by atoms with E-state index in [0.717, 1.165) is 24.5 Å². The van der Waals surface area contributed by atoms with E-state index in [9.17, 15) is 0 Å². The number of hydrogen-bond acceptors (Lipinski definition) is 2. The molecule has 0 unspecified atom stereocenters. The molecule has 13 heavy (non-hydrogen) atoms. The molecule has 0 atom stereocenters. The molecule has 0 saturated carbocycles. The number of ether oxygens (including phenoxy) is 1. The summed E-state index contributed by atoms with van der Waals surface area (Å²) < 4.78 is 5.51. The number of nitrogens with zero attached hydrogens (tertiary/aromatic N) is 1. The van der Waals surface area contributed by atoms with E-state index in [1.54, 1.807) is 0 Å². The third-order valence-electron chi connectivity index (χ3n) is 2.29. The summed E-state index contributed by atoms with van der Waals surface area (Å²) in [4.78, 5) is 4.25. The zero-order valence-corrected chi connectivity index (χ0v) is 8.85. The summed E-state index contributed by atoms with van der Waals surface area (Å²) in [5.41, 5.74) is 3.66. The molecule has 0 radical (unpaired) electrons. The van der Waals surface area contributed by atoms with Crippen LogP contribution in [0.4, 0.5) is 0 Å². The lowest BCUT2D eigenvalue weighted by Gasteiger charge is -2.10. The second kappa shape index (κ2) is 4.26. The maximum absolute atomic E-state index is 5.51. The molecule has 0 spiro atoms. The first kappa shape index (κ1) is 10.0. The molecule has 1 aromatic rings. The Kier molecular flexibility index (Phi) is 3.29. The van der Waals surface area contributed by atoms with Gasteiger partial charge in [-0.2, -0.15) is 0 Å². The van der Waals surface area contributed by atoms with Gasteiger partial charge in [-0.3, -0.25) is 0 Å². The molecule has 0 aromatic carbocycles. The van der Waals surface area contributed by atoms with Gasteiger partial charge in [0.05, 0.1) is 6.61 Å². The summed E-state index contributed by atoms with van der Waals surface area (Å²) in [7, 11) is 0. The second-order valence-electron chi connectivity index (χ2n) is 3.34. The molecule has 0 N–H and O–H groups in total. The van der Waals surface area contributed by atoms with Crippen molar-refractivity contribution in [1.29, 1.82) is 0 Å². The third kappa shape index (κ3) is 2.20. The van der Waals surface area contributed by atoms with Gasteiger partial charge < -0.3 is 4.74 Å². The summed E-state index contributed by atoms with van der Waals surface area (Å²) >= 11 is 0. The minimum atomic E-state index is 0.746. The van der Waals surface area contributed by atoms with E-state index in [-0.39, 0.29) is 0 Å². The van der Waals surface area contributed by atoms with Crippen LogP contribution in [0.5, 0.6) is 5.88 Å². The zero-order chi connectivity index (χ0) is 9.84. The molecule has 0 saturated heterocycles. The summed E-state index contributed by atoms with van der Waals surface area (Å²) in [6.07, 6.45) is 2.89. The summed E-state index contributed by atoms with van der Waals surface area (Å²) in [6.45, 7) is 9.07. The van der Waals surface area contributed by atoms with Crippen LogP contribution in [-0.4, -0.2) is 11.6 Å². The number of aromatic nitrogens is 1. The highest BCUT2D eigenvalue weighted by Crippen LogP contribution is 2.20. The van der Waals surface area contributed by atoms with Gasteiger partial charge >= 0.3 is 0 Å². The highest BCUT2D eigenvalue weighted by atomic mass is 16.5. The number of pyridine rings is 1. The van der Waals surface area contributed by atoms with Crippen LogP contribution < -0.4 is 4.74 Å². The van der Waals surface area contributed by atoms with E-state index < -0.39 is 0 Å². The van der Waals surface area contributed by atoms with Crippen molar-refractivity contribution in [2.75, 3.05) is 6.61 Å². The highest BCUT2D eigenvalue weighted by molar-refractivity contribution is 5.36. The van der Waals surface area contributed by atoms with Crippen LogP contribution in [0.2, 0.25) is 0 Å². The first-order valence-corrected chi connectivity index (χ1v) is 4.72. The molecular weight excluding hydrogens is 162 g/mol. The Morgan fingerprint density at radius 1 is 1.23 bits per heavy atom. The third-order valence-corrected chi connectivity index (χ3v) is 2.29. The quantitative estimate of drug-likeness (QED) is 0.711. The Morgan fingerprint density at radius 3 is 2.54 bits per heavy atom. The van der Waals surface area contributed by atoms with E-state index in [4.69, 9.17) is 4.74 Å². The molecule has 2 nitrogen and oxygen atoms in total. The predicted octanol–water partition coefficient (Wildman–Crippen LogP) is 2.80. The van der Waals surface area contributed by atoms with Crippen LogP contribution in [0.15, 0.2) is 6.20 Å². The van der Waals surface area contributed by atoms with E-state index in [1.165, 1.54) is 11.1 Å². The van der Waals surface area contributed by atoms with Crippen LogP contribution in [0.1, 0.15) is 30.0 Å². The maximum atomic E-state index is 5.51. The van der Waals surface area contributed by atoms with Crippen molar-refractivity contribution in [3.63, 3.8) is 0 Å². The minimum absolute atomic E-state index is 0.746. The molecule has 0 fully saturated rings. The largest absolute Gasteiger partial charge is 0.477 e. The van der Waals surface area contributed by atoms with Gasteiger partial charge in [0.1, 0.15) is 0 Å². The van der Waals surface area contributed by atoms with E-state index in [1.807, 2.05) is 6.20 Å². The molecule has 0 aliphatic heterocycles. The predicted molar refractivity (Wildman–Crippen MR) is 54.2 cm³/mol. The summed E-state index contributed by atoms with van der Waals surface area (Å²) in [6, 6.07) is 0. The fourth-order valence-corrected chi connectivity index (χ4v) is 1.15. The molecule has 0 bridgehead atoms. The molecule has 1 heterocycles. The average molecular weight is 179 g/mol. The minimum Gasteiger partial charge on any atom is -0.477 e. The lowest BCUT2D eigenvalue weighted by molar-refractivity contribution is 0.302. The molecule has 1 aromatic heterocycles. The number of hydrogen-bond donors (Lipinski definition) is 0. The average Bonchev–Trinajstić information content (AvgIpc) is 2.13. The van der Waals surface area contributed by atoms with Crippen molar-refractivity contribution in [2.45, 2.75) is 34.1 Å². The van der Waals surface area contributed by atoms with Gasteiger partial charge in [-0.25, -0.2) is 4.98 Å². The van der Waals surface area contributed by atoms with Crippen LogP contribution >= 0.6 is 0 Å². The van der Waals surface area contributed by atoms with Crippen LogP contribution in [0.3, 0.4) is 0 Å². The summed E-state index contributed by atoms with van der Waals surface area (Å²) in [5.74, 6) is 0.782. The van der Waals surface area contributed by atoms with E-state index >= 15 is 0 Å². The molecular formula is C11H17NO. The number of aryl methyl sites for hydroxylation is 1. The lowest BCUT2D eigenvalue weighted by Crippen LogP contribution is -2.01. The molecule has 2 heteroatoms. The second-order valence-corrected chi connectivity index (χ2v) is 3.34. The topological polar surface area (TPSA) is 22.1 Å². The maximum Gasteiger partial charge on any atom is 0.216 e. The van der Waals surface area contributed by atoms with Gasteiger partial charge in [0, 0.05) is 11.8 Å². The van der Waals surface area contributed by atoms with Gasteiger partial charge in [0.25, 0.3) is 0 Å². The van der Waals surface area contributed by atoms with E-state index in [0.29, 0.717) is 0 Å². The van der Waals surface area contributed by atoms with Gasteiger partial charge in [0.15, 0.2) is 0 Å². The van der Waals surface area contributed by atoms with Gasteiger partial charge in [0.2, 0.25) is 5.88 Å². The monoisotopic (exact) mass is 179 g/mol. The van der Waals surface area contributed by atoms with Crippen LogP contribution in [-0.2, 0) is 0 Å². The highest BCUT2D eigenvalue weighted by Gasteiger charge is 2.05. The van der Waals surface area contributed by atoms with E-state index in [2.05, 4.69) is 32.7 Å². The van der Waals surface area contributed by atoms with Crippen molar-refractivity contribution in [3.8, 4) is 5.88 Å².